The van der Waals surface area contributed by atoms with Gasteiger partial charge in [-0.05, 0) is 42.5 Å². The normalized spacial score (nSPS) is 15.4. The fourth-order valence-corrected chi connectivity index (χ4v) is 3.95. The Morgan fingerprint density at radius 1 is 1.17 bits per heavy atom. The molecule has 0 fully saturated rings. The van der Waals surface area contributed by atoms with E-state index in [1.807, 2.05) is 18.2 Å². The van der Waals surface area contributed by atoms with E-state index in [1.54, 1.807) is 36.2 Å². The van der Waals surface area contributed by atoms with Crippen molar-refractivity contribution in [2.75, 3.05) is 13.7 Å². The number of ether oxygens (including phenoxy) is 1. The molecule has 2 aromatic carbocycles. The summed E-state index contributed by atoms with van der Waals surface area (Å²) in [5, 5.41) is 0.430. The van der Waals surface area contributed by atoms with Crippen LogP contribution >= 0.6 is 0 Å². The molecule has 7 heteroatoms. The van der Waals surface area contributed by atoms with Crippen molar-refractivity contribution >= 4 is 22.8 Å². The molecule has 7 nitrogen and oxygen atoms in total. The summed E-state index contributed by atoms with van der Waals surface area (Å²) in [6.45, 7) is -0.649. The lowest BCUT2D eigenvalue weighted by Gasteiger charge is -2.33. The van der Waals surface area contributed by atoms with Crippen LogP contribution in [0.5, 0.6) is 0 Å². The predicted molar refractivity (Wildman–Crippen MR) is 112 cm³/mol. The SMILES string of the molecule is CN(C(=O)COC(=O)Cn1cnc2ccccc2c1=O)C1CCCc2ccccc21. The number of carbonyl (C=O) groups is 2. The van der Waals surface area contributed by atoms with Crippen molar-refractivity contribution in [3.63, 3.8) is 0 Å². The molecule has 1 aromatic heterocycles. The second-order valence-corrected chi connectivity index (χ2v) is 7.47. The lowest BCUT2D eigenvalue weighted by molar-refractivity contribution is -0.153. The molecule has 1 atom stereocenters. The summed E-state index contributed by atoms with van der Waals surface area (Å²) in [7, 11) is 1.74. The molecule has 1 aliphatic carbocycles. The number of benzene rings is 2. The van der Waals surface area contributed by atoms with Crippen molar-refractivity contribution in [2.24, 2.45) is 0 Å². The first-order chi connectivity index (χ1) is 14.5. The summed E-state index contributed by atoms with van der Waals surface area (Å²) in [5.74, 6) is -0.922. The van der Waals surface area contributed by atoms with E-state index in [2.05, 4.69) is 11.1 Å². The third kappa shape index (κ3) is 3.96. The molecule has 4 rings (SSSR count). The van der Waals surface area contributed by atoms with E-state index in [1.165, 1.54) is 16.5 Å². The van der Waals surface area contributed by atoms with E-state index in [9.17, 15) is 14.4 Å². The Kier molecular flexibility index (Phi) is 5.61. The third-order valence-electron chi connectivity index (χ3n) is 5.59. The van der Waals surface area contributed by atoms with Crippen LogP contribution in [-0.2, 0) is 27.3 Å². The minimum atomic E-state index is -0.653. The summed E-state index contributed by atoms with van der Waals surface area (Å²) in [4.78, 5) is 43.1. The summed E-state index contributed by atoms with van der Waals surface area (Å²) < 4.78 is 6.35. The first-order valence-corrected chi connectivity index (χ1v) is 9.98. The van der Waals surface area contributed by atoms with Crippen molar-refractivity contribution in [1.82, 2.24) is 14.5 Å². The number of nitrogens with zero attached hydrogens (tertiary/aromatic N) is 3. The highest BCUT2D eigenvalue weighted by molar-refractivity contribution is 5.81. The Balaban J connectivity index is 1.38. The molecule has 1 unspecified atom stereocenters. The summed E-state index contributed by atoms with van der Waals surface area (Å²) in [6.07, 6.45) is 4.22. The van der Waals surface area contributed by atoms with Gasteiger partial charge in [0.15, 0.2) is 6.61 Å². The van der Waals surface area contributed by atoms with Crippen molar-refractivity contribution in [1.29, 1.82) is 0 Å². The van der Waals surface area contributed by atoms with Crippen LogP contribution in [0.1, 0.15) is 30.0 Å². The second-order valence-electron chi connectivity index (χ2n) is 7.47. The Labute approximate surface area is 173 Å². The van der Waals surface area contributed by atoms with Gasteiger partial charge in [-0.3, -0.25) is 19.0 Å². The first-order valence-electron chi connectivity index (χ1n) is 9.98. The average Bonchev–Trinajstić information content (AvgIpc) is 2.78. The highest BCUT2D eigenvalue weighted by Gasteiger charge is 2.27. The molecular formula is C23H23N3O4. The highest BCUT2D eigenvalue weighted by Crippen LogP contribution is 2.33. The van der Waals surface area contributed by atoms with Crippen LogP contribution in [0.4, 0.5) is 0 Å². The minimum absolute atomic E-state index is 0.0199. The molecule has 3 aromatic rings. The quantitative estimate of drug-likeness (QED) is 0.609. The molecule has 0 radical (unpaired) electrons. The van der Waals surface area contributed by atoms with Crippen molar-refractivity contribution in [3.05, 3.63) is 76.3 Å². The molecule has 1 aliphatic rings. The summed E-state index contributed by atoms with van der Waals surface area (Å²) >= 11 is 0. The zero-order chi connectivity index (χ0) is 21.1. The van der Waals surface area contributed by atoms with E-state index in [4.69, 9.17) is 4.74 Å². The van der Waals surface area contributed by atoms with Gasteiger partial charge in [-0.2, -0.15) is 0 Å². The monoisotopic (exact) mass is 405 g/mol. The Morgan fingerprint density at radius 2 is 1.93 bits per heavy atom. The number of fused-ring (bicyclic) bond motifs is 2. The van der Waals surface area contributed by atoms with E-state index >= 15 is 0 Å². The van der Waals surface area contributed by atoms with Gasteiger partial charge in [-0.15, -0.1) is 0 Å². The fourth-order valence-electron chi connectivity index (χ4n) is 3.95. The standard InChI is InChI=1S/C23H23N3O4/c1-25(20-12-6-8-16-7-2-3-9-17(16)20)21(27)14-30-22(28)13-26-15-24-19-11-5-4-10-18(19)23(26)29/h2-5,7,9-11,15,20H,6,8,12-14H2,1H3. The van der Waals surface area contributed by atoms with Crippen LogP contribution in [0.3, 0.4) is 0 Å². The van der Waals surface area contributed by atoms with E-state index in [-0.39, 0.29) is 30.7 Å². The molecule has 1 amide bonds. The second kappa shape index (κ2) is 8.49. The first kappa shape index (κ1) is 19.8. The molecular weight excluding hydrogens is 382 g/mol. The molecule has 154 valence electrons. The highest BCUT2D eigenvalue weighted by atomic mass is 16.5. The molecule has 0 saturated carbocycles. The number of aryl methyl sites for hydroxylation is 1. The van der Waals surface area contributed by atoms with Gasteiger partial charge in [0, 0.05) is 7.05 Å². The van der Waals surface area contributed by atoms with Gasteiger partial charge in [0.05, 0.1) is 23.3 Å². The third-order valence-corrected chi connectivity index (χ3v) is 5.59. The number of likely N-dealkylation sites (N-methyl/N-ethyl adjacent to an activating group) is 1. The fraction of sp³-hybridized carbons (Fsp3) is 0.304. The Morgan fingerprint density at radius 3 is 2.80 bits per heavy atom. The average molecular weight is 405 g/mol. The van der Waals surface area contributed by atoms with Crippen LogP contribution in [0, 0.1) is 0 Å². The number of hydrogen-bond acceptors (Lipinski definition) is 5. The van der Waals surface area contributed by atoms with Crippen LogP contribution in [0.25, 0.3) is 10.9 Å². The van der Waals surface area contributed by atoms with Crippen LogP contribution in [0.2, 0.25) is 0 Å². The molecule has 0 spiro atoms. The van der Waals surface area contributed by atoms with E-state index < -0.39 is 5.97 Å². The lowest BCUT2D eigenvalue weighted by atomic mass is 9.87. The summed E-state index contributed by atoms with van der Waals surface area (Å²) in [5.41, 5.74) is 2.66. The lowest BCUT2D eigenvalue weighted by Crippen LogP contribution is -2.36. The van der Waals surface area contributed by atoms with E-state index in [0.717, 1.165) is 24.8 Å². The molecule has 0 bridgehead atoms. The van der Waals surface area contributed by atoms with Crippen LogP contribution in [-0.4, -0.2) is 40.0 Å². The number of amides is 1. The number of para-hydroxylation sites is 1. The summed E-state index contributed by atoms with van der Waals surface area (Å²) in [6, 6.07) is 15.0. The van der Waals surface area contributed by atoms with E-state index in [0.29, 0.717) is 10.9 Å². The number of esters is 1. The van der Waals surface area contributed by atoms with Crippen molar-refractivity contribution < 1.29 is 14.3 Å². The van der Waals surface area contributed by atoms with Gasteiger partial charge < -0.3 is 9.64 Å². The molecule has 30 heavy (non-hydrogen) atoms. The number of carbonyl (C=O) groups excluding carboxylic acids is 2. The largest absolute Gasteiger partial charge is 0.454 e. The smallest absolute Gasteiger partial charge is 0.326 e. The molecule has 0 aliphatic heterocycles. The Bertz CT molecular complexity index is 1150. The minimum Gasteiger partial charge on any atom is -0.454 e. The van der Waals surface area contributed by atoms with Gasteiger partial charge in [0.1, 0.15) is 6.54 Å². The zero-order valence-corrected chi connectivity index (χ0v) is 16.8. The number of hydrogen-bond donors (Lipinski definition) is 0. The van der Waals surface area contributed by atoms with Crippen molar-refractivity contribution in [3.8, 4) is 0 Å². The van der Waals surface area contributed by atoms with Crippen LogP contribution < -0.4 is 5.56 Å². The maximum Gasteiger partial charge on any atom is 0.326 e. The molecule has 0 saturated heterocycles. The van der Waals surface area contributed by atoms with Gasteiger partial charge in [0.25, 0.3) is 11.5 Å². The Hall–Kier alpha value is -3.48. The maximum atomic E-state index is 12.6. The topological polar surface area (TPSA) is 81.5 Å². The van der Waals surface area contributed by atoms with Crippen molar-refractivity contribution in [2.45, 2.75) is 31.8 Å². The van der Waals surface area contributed by atoms with Gasteiger partial charge >= 0.3 is 5.97 Å². The van der Waals surface area contributed by atoms with Gasteiger partial charge in [-0.1, -0.05) is 36.4 Å². The molecule has 1 heterocycles. The van der Waals surface area contributed by atoms with Crippen LogP contribution in [0.15, 0.2) is 59.7 Å². The predicted octanol–water partition coefficient (Wildman–Crippen LogP) is 2.48. The van der Waals surface area contributed by atoms with Gasteiger partial charge in [-0.25, -0.2) is 4.98 Å². The zero-order valence-electron chi connectivity index (χ0n) is 16.8. The molecule has 0 N–H and O–H groups in total. The number of aromatic nitrogens is 2. The number of rotatable bonds is 5. The maximum absolute atomic E-state index is 12.6. The van der Waals surface area contributed by atoms with Gasteiger partial charge in [0.2, 0.25) is 0 Å².